The Morgan fingerprint density at radius 2 is 1.60 bits per heavy atom. The van der Waals surface area contributed by atoms with E-state index in [4.69, 9.17) is 9.94 Å². The molecule has 0 bridgehead atoms. The molecule has 164 valence electrons. The molecule has 1 atom stereocenters. The first kappa shape index (κ1) is 23.9. The summed E-state index contributed by atoms with van der Waals surface area (Å²) in [4.78, 5) is 13.3. The maximum absolute atomic E-state index is 11.0. The van der Waals surface area contributed by atoms with Crippen LogP contribution in [0.4, 0.5) is 0 Å². The Bertz CT molecular complexity index is 743. The Labute approximate surface area is 179 Å². The SMILES string of the molecule is CCN(CC)CCOc1ccc(-c2ccc([C@H](O)CCCCC(=O)NO)cc2)cc1. The number of nitrogens with zero attached hydrogens (tertiary/aromatic N) is 1. The van der Waals surface area contributed by atoms with Crippen molar-refractivity contribution in [3.05, 3.63) is 54.1 Å². The van der Waals surface area contributed by atoms with Gasteiger partial charge < -0.3 is 14.7 Å². The number of hydrogen-bond donors (Lipinski definition) is 3. The molecular formula is C24H34N2O4. The van der Waals surface area contributed by atoms with Crippen LogP contribution in [0.5, 0.6) is 5.75 Å². The second-order valence-electron chi connectivity index (χ2n) is 7.32. The highest BCUT2D eigenvalue weighted by Gasteiger charge is 2.09. The molecule has 0 aliphatic rings. The maximum atomic E-state index is 11.0. The van der Waals surface area contributed by atoms with E-state index in [9.17, 15) is 9.90 Å². The smallest absolute Gasteiger partial charge is 0.243 e. The average molecular weight is 415 g/mol. The van der Waals surface area contributed by atoms with E-state index in [1.807, 2.05) is 48.5 Å². The number of nitrogens with one attached hydrogen (secondary N) is 1. The molecule has 2 aromatic rings. The first-order chi connectivity index (χ1) is 14.6. The van der Waals surface area contributed by atoms with Crippen LogP contribution in [0.25, 0.3) is 11.1 Å². The molecule has 0 spiro atoms. The van der Waals surface area contributed by atoms with E-state index < -0.39 is 12.0 Å². The quantitative estimate of drug-likeness (QED) is 0.260. The number of aliphatic hydroxyl groups is 1. The molecule has 0 saturated heterocycles. The summed E-state index contributed by atoms with van der Waals surface area (Å²) in [5, 5.41) is 18.8. The molecule has 30 heavy (non-hydrogen) atoms. The van der Waals surface area contributed by atoms with Crippen molar-refractivity contribution in [1.29, 1.82) is 0 Å². The van der Waals surface area contributed by atoms with E-state index in [0.29, 0.717) is 25.9 Å². The Hall–Kier alpha value is -2.41. The molecule has 0 aliphatic carbocycles. The third-order valence-electron chi connectivity index (χ3n) is 5.31. The van der Waals surface area contributed by atoms with Gasteiger partial charge in [-0.15, -0.1) is 0 Å². The number of rotatable bonds is 13. The van der Waals surface area contributed by atoms with E-state index in [1.165, 1.54) is 0 Å². The lowest BCUT2D eigenvalue weighted by atomic mass is 9.99. The number of amides is 1. The molecule has 6 nitrogen and oxygen atoms in total. The van der Waals surface area contributed by atoms with Crippen molar-refractivity contribution >= 4 is 5.91 Å². The Kier molecular flexibility index (Phi) is 10.3. The summed E-state index contributed by atoms with van der Waals surface area (Å²) in [6.07, 6.45) is 1.63. The predicted molar refractivity (Wildman–Crippen MR) is 119 cm³/mol. The van der Waals surface area contributed by atoms with Crippen molar-refractivity contribution < 1.29 is 19.8 Å². The minimum absolute atomic E-state index is 0.261. The van der Waals surface area contributed by atoms with Gasteiger partial charge >= 0.3 is 0 Å². The summed E-state index contributed by atoms with van der Waals surface area (Å²) in [6.45, 7) is 7.98. The van der Waals surface area contributed by atoms with E-state index >= 15 is 0 Å². The molecule has 0 aliphatic heterocycles. The lowest BCUT2D eigenvalue weighted by Crippen LogP contribution is -2.27. The minimum Gasteiger partial charge on any atom is -0.492 e. The number of hydrogen-bond acceptors (Lipinski definition) is 5. The maximum Gasteiger partial charge on any atom is 0.243 e. The van der Waals surface area contributed by atoms with Gasteiger partial charge in [-0.2, -0.15) is 0 Å². The molecule has 0 unspecified atom stereocenters. The number of unbranched alkanes of at least 4 members (excludes halogenated alkanes) is 1. The molecular weight excluding hydrogens is 380 g/mol. The number of carbonyl (C=O) groups excluding carboxylic acids is 1. The van der Waals surface area contributed by atoms with Crippen molar-refractivity contribution in [2.24, 2.45) is 0 Å². The largest absolute Gasteiger partial charge is 0.492 e. The van der Waals surface area contributed by atoms with E-state index in [2.05, 4.69) is 18.7 Å². The van der Waals surface area contributed by atoms with Crippen LogP contribution >= 0.6 is 0 Å². The molecule has 0 fully saturated rings. The summed E-state index contributed by atoms with van der Waals surface area (Å²) >= 11 is 0. The van der Waals surface area contributed by atoms with E-state index in [-0.39, 0.29) is 6.42 Å². The van der Waals surface area contributed by atoms with Crippen molar-refractivity contribution in [2.45, 2.75) is 45.6 Å². The molecule has 2 aromatic carbocycles. The van der Waals surface area contributed by atoms with Crippen LogP contribution in [0.3, 0.4) is 0 Å². The number of carbonyl (C=O) groups is 1. The second kappa shape index (κ2) is 13.0. The van der Waals surface area contributed by atoms with Crippen LogP contribution < -0.4 is 10.2 Å². The van der Waals surface area contributed by atoms with Gasteiger partial charge in [0.25, 0.3) is 0 Å². The Balaban J connectivity index is 1.83. The highest BCUT2D eigenvalue weighted by Crippen LogP contribution is 2.26. The zero-order valence-electron chi connectivity index (χ0n) is 18.0. The van der Waals surface area contributed by atoms with Crippen LogP contribution in [0, 0.1) is 0 Å². The average Bonchev–Trinajstić information content (AvgIpc) is 2.79. The van der Waals surface area contributed by atoms with Gasteiger partial charge in [0.1, 0.15) is 12.4 Å². The molecule has 3 N–H and O–H groups in total. The third-order valence-corrected chi connectivity index (χ3v) is 5.31. The third kappa shape index (κ3) is 7.78. The topological polar surface area (TPSA) is 82.0 Å². The molecule has 0 radical (unpaired) electrons. The Morgan fingerprint density at radius 3 is 2.17 bits per heavy atom. The monoisotopic (exact) mass is 414 g/mol. The van der Waals surface area contributed by atoms with Gasteiger partial charge in [0.15, 0.2) is 0 Å². The minimum atomic E-state index is -0.558. The van der Waals surface area contributed by atoms with Gasteiger partial charge in [-0.05, 0) is 54.8 Å². The second-order valence-corrected chi connectivity index (χ2v) is 7.32. The van der Waals surface area contributed by atoms with Gasteiger partial charge in [-0.25, -0.2) is 5.48 Å². The van der Waals surface area contributed by atoms with E-state index in [0.717, 1.165) is 42.1 Å². The molecule has 0 heterocycles. The molecule has 0 saturated carbocycles. The first-order valence-electron chi connectivity index (χ1n) is 10.7. The zero-order chi connectivity index (χ0) is 21.8. The summed E-state index contributed by atoms with van der Waals surface area (Å²) < 4.78 is 5.84. The summed E-state index contributed by atoms with van der Waals surface area (Å²) in [5.74, 6) is 0.474. The standard InChI is InChI=1S/C24H34N2O4/c1-3-26(4-2)17-18-30-22-15-13-20(14-16-22)19-9-11-21(12-10-19)23(27)7-5-6-8-24(28)25-29/h9-16,23,27,29H,3-8,17-18H2,1-2H3,(H,25,28)/t23-/m1/s1. The normalized spacial score (nSPS) is 12.0. The van der Waals surface area contributed by atoms with Crippen LogP contribution in [-0.4, -0.2) is 47.4 Å². The van der Waals surface area contributed by atoms with Crippen molar-refractivity contribution in [2.75, 3.05) is 26.2 Å². The molecule has 0 aromatic heterocycles. The van der Waals surface area contributed by atoms with Crippen LogP contribution in [0.2, 0.25) is 0 Å². The fourth-order valence-corrected chi connectivity index (χ4v) is 3.32. The van der Waals surface area contributed by atoms with Gasteiger partial charge in [0.05, 0.1) is 6.10 Å². The lowest BCUT2D eigenvalue weighted by molar-refractivity contribution is -0.129. The number of likely N-dealkylation sites (N-methyl/N-ethyl adjacent to an activating group) is 1. The van der Waals surface area contributed by atoms with Crippen LogP contribution in [-0.2, 0) is 4.79 Å². The van der Waals surface area contributed by atoms with Gasteiger partial charge in [-0.3, -0.25) is 10.0 Å². The number of benzene rings is 2. The highest BCUT2D eigenvalue weighted by molar-refractivity contribution is 5.74. The number of aliphatic hydroxyl groups excluding tert-OH is 1. The van der Waals surface area contributed by atoms with Crippen molar-refractivity contribution in [1.82, 2.24) is 10.4 Å². The molecule has 6 heteroatoms. The van der Waals surface area contributed by atoms with Crippen molar-refractivity contribution in [3.63, 3.8) is 0 Å². The summed E-state index contributed by atoms with van der Waals surface area (Å²) in [7, 11) is 0. The summed E-state index contributed by atoms with van der Waals surface area (Å²) in [5.41, 5.74) is 4.66. The summed E-state index contributed by atoms with van der Waals surface area (Å²) in [6, 6.07) is 16.0. The highest BCUT2D eigenvalue weighted by atomic mass is 16.5. The van der Waals surface area contributed by atoms with Gasteiger partial charge in [0.2, 0.25) is 5.91 Å². The van der Waals surface area contributed by atoms with E-state index in [1.54, 1.807) is 5.48 Å². The van der Waals surface area contributed by atoms with Crippen LogP contribution in [0.15, 0.2) is 48.5 Å². The van der Waals surface area contributed by atoms with Crippen LogP contribution in [0.1, 0.15) is 51.2 Å². The number of ether oxygens (including phenoxy) is 1. The van der Waals surface area contributed by atoms with Gasteiger partial charge in [0, 0.05) is 13.0 Å². The van der Waals surface area contributed by atoms with Gasteiger partial charge in [-0.1, -0.05) is 56.7 Å². The molecule has 2 rings (SSSR count). The van der Waals surface area contributed by atoms with Crippen molar-refractivity contribution in [3.8, 4) is 16.9 Å². The number of hydroxylamine groups is 1. The zero-order valence-corrected chi connectivity index (χ0v) is 18.0. The predicted octanol–water partition coefficient (Wildman–Crippen LogP) is 4.17. The fraction of sp³-hybridized carbons (Fsp3) is 0.458. The first-order valence-corrected chi connectivity index (χ1v) is 10.7. The molecule has 1 amide bonds. The Morgan fingerprint density at radius 1 is 1.00 bits per heavy atom. The fourth-order valence-electron chi connectivity index (χ4n) is 3.32. The lowest BCUT2D eigenvalue weighted by Gasteiger charge is -2.18.